The van der Waals surface area contributed by atoms with E-state index in [4.69, 9.17) is 48.6 Å². The van der Waals surface area contributed by atoms with Gasteiger partial charge in [0.05, 0.1) is 64.4 Å². The van der Waals surface area contributed by atoms with E-state index in [2.05, 4.69) is 4.90 Å². The zero-order valence-electron chi connectivity index (χ0n) is 28.9. The lowest BCUT2D eigenvalue weighted by Crippen LogP contribution is -2.35. The summed E-state index contributed by atoms with van der Waals surface area (Å²) in [5, 5.41) is 21.8. The smallest absolute Gasteiger partial charge is 0.338 e. The van der Waals surface area contributed by atoms with Crippen LogP contribution in [-0.4, -0.2) is 77.3 Å². The van der Waals surface area contributed by atoms with E-state index in [1.165, 1.54) is 29.2 Å². The second-order valence-electron chi connectivity index (χ2n) is 11.9. The molecule has 0 radical (unpaired) electrons. The average molecular weight is 746 g/mol. The number of fused-ring (bicyclic) bond motifs is 2. The van der Waals surface area contributed by atoms with Crippen LogP contribution < -0.4 is 16.9 Å². The number of carbonyl (C=O) groups excluding carboxylic acids is 2. The van der Waals surface area contributed by atoms with Gasteiger partial charge < -0.3 is 35.6 Å². The fourth-order valence-electron chi connectivity index (χ4n) is 6.14. The SMILES string of the molecule is CCCN(CCC)Cc1c2oc3c(CN(CC(=O)OCC)CC(=O)OCC)c(O)c(Cl)cc3c(-c3ccc(N)c(N)c3C(=O)O)c-2cc(Cl)c1=O. The van der Waals surface area contributed by atoms with Crippen LogP contribution in [0, 0.1) is 0 Å². The van der Waals surface area contributed by atoms with Crippen molar-refractivity contribution in [3.63, 3.8) is 0 Å². The number of phenolic OH excluding ortho intramolecular Hbond substituents is 1. The number of hydrogen-bond acceptors (Lipinski definition) is 12. The molecular weight excluding hydrogens is 703 g/mol. The molecule has 0 saturated carbocycles. The number of aromatic carboxylic acids is 1. The molecule has 4 rings (SSSR count). The number of nitrogen functional groups attached to an aromatic ring is 2. The number of carboxylic acid groups (broad SMARTS) is 1. The predicted octanol–water partition coefficient (Wildman–Crippen LogP) is 5.99. The van der Waals surface area contributed by atoms with Crippen LogP contribution in [0.2, 0.25) is 10.0 Å². The van der Waals surface area contributed by atoms with Crippen molar-refractivity contribution in [3.8, 4) is 28.2 Å². The van der Waals surface area contributed by atoms with E-state index < -0.39 is 29.1 Å². The van der Waals surface area contributed by atoms with Crippen LogP contribution in [0.15, 0.2) is 33.5 Å². The molecule has 0 atom stereocenters. The molecule has 51 heavy (non-hydrogen) atoms. The fraction of sp³-hybridized carbons (Fsp3) is 0.389. The van der Waals surface area contributed by atoms with Gasteiger partial charge in [-0.1, -0.05) is 43.1 Å². The van der Waals surface area contributed by atoms with E-state index in [0.29, 0.717) is 13.1 Å². The maximum absolute atomic E-state index is 13.8. The van der Waals surface area contributed by atoms with E-state index >= 15 is 0 Å². The highest BCUT2D eigenvalue weighted by Crippen LogP contribution is 2.48. The Balaban J connectivity index is 2.18. The third-order valence-corrected chi connectivity index (χ3v) is 8.82. The Morgan fingerprint density at radius 1 is 0.843 bits per heavy atom. The van der Waals surface area contributed by atoms with Crippen LogP contribution >= 0.6 is 23.2 Å². The van der Waals surface area contributed by atoms with Gasteiger partial charge in [0.2, 0.25) is 5.43 Å². The van der Waals surface area contributed by atoms with Gasteiger partial charge in [-0.2, -0.15) is 0 Å². The summed E-state index contributed by atoms with van der Waals surface area (Å²) in [5.41, 5.74) is 12.2. The number of aromatic hydroxyl groups is 1. The fourth-order valence-corrected chi connectivity index (χ4v) is 6.59. The number of rotatable bonds is 16. The highest BCUT2D eigenvalue weighted by atomic mass is 35.5. The first-order chi connectivity index (χ1) is 24.3. The second kappa shape index (κ2) is 17.1. The Hall–Kier alpha value is -4.56. The summed E-state index contributed by atoms with van der Waals surface area (Å²) in [5.74, 6) is -3.00. The van der Waals surface area contributed by atoms with Crippen molar-refractivity contribution in [1.82, 2.24) is 9.80 Å². The molecule has 274 valence electrons. The maximum Gasteiger partial charge on any atom is 0.338 e. The largest absolute Gasteiger partial charge is 0.506 e. The molecule has 6 N–H and O–H groups in total. The predicted molar refractivity (Wildman–Crippen MR) is 196 cm³/mol. The number of nitrogens with zero attached hydrogens (tertiary/aromatic N) is 2. The Kier molecular flexibility index (Phi) is 13.2. The monoisotopic (exact) mass is 744 g/mol. The van der Waals surface area contributed by atoms with Crippen LogP contribution in [0.5, 0.6) is 5.75 Å². The summed E-state index contributed by atoms with van der Waals surface area (Å²) in [4.78, 5) is 55.3. The number of ether oxygens (including phenoxy) is 2. The van der Waals surface area contributed by atoms with Crippen LogP contribution in [-0.2, 0) is 32.2 Å². The number of halogens is 2. The van der Waals surface area contributed by atoms with Gasteiger partial charge in [0, 0.05) is 29.6 Å². The number of phenols is 1. The highest BCUT2D eigenvalue weighted by molar-refractivity contribution is 6.33. The molecule has 0 fully saturated rings. The van der Waals surface area contributed by atoms with Crippen LogP contribution in [0.25, 0.3) is 33.4 Å². The van der Waals surface area contributed by atoms with Gasteiger partial charge in [-0.15, -0.1) is 0 Å². The van der Waals surface area contributed by atoms with Gasteiger partial charge in [0.15, 0.2) is 0 Å². The summed E-state index contributed by atoms with van der Waals surface area (Å²) < 4.78 is 16.8. The molecule has 1 aliphatic heterocycles. The lowest BCUT2D eigenvalue weighted by molar-refractivity contribution is -0.148. The lowest BCUT2D eigenvalue weighted by Gasteiger charge is -2.26. The number of benzene rings is 3. The van der Waals surface area contributed by atoms with Gasteiger partial charge in [0.25, 0.3) is 0 Å². The molecular formula is C36H42Cl2N4O9. The number of carbonyl (C=O) groups is 3. The van der Waals surface area contributed by atoms with Gasteiger partial charge in [0.1, 0.15) is 17.1 Å². The molecule has 2 aromatic carbocycles. The minimum absolute atomic E-state index is 0.00404. The lowest BCUT2D eigenvalue weighted by atomic mass is 9.87. The molecule has 0 saturated heterocycles. The Morgan fingerprint density at radius 3 is 1.98 bits per heavy atom. The molecule has 0 amide bonds. The third-order valence-electron chi connectivity index (χ3n) is 8.25. The van der Waals surface area contributed by atoms with E-state index in [1.54, 1.807) is 13.8 Å². The second-order valence-corrected chi connectivity index (χ2v) is 12.7. The molecule has 2 aromatic rings. The molecule has 0 unspecified atom stereocenters. The molecule has 0 spiro atoms. The molecule has 15 heteroatoms. The zero-order valence-corrected chi connectivity index (χ0v) is 30.4. The van der Waals surface area contributed by atoms with Crippen molar-refractivity contribution in [3.05, 3.63) is 61.2 Å². The molecule has 13 nitrogen and oxygen atoms in total. The van der Waals surface area contributed by atoms with Gasteiger partial charge in [-0.3, -0.25) is 24.2 Å². The van der Waals surface area contributed by atoms with Crippen molar-refractivity contribution in [2.24, 2.45) is 0 Å². The number of anilines is 2. The highest BCUT2D eigenvalue weighted by Gasteiger charge is 2.31. The summed E-state index contributed by atoms with van der Waals surface area (Å²) in [7, 11) is 0. The van der Waals surface area contributed by atoms with Crippen molar-refractivity contribution >= 4 is 63.5 Å². The maximum atomic E-state index is 13.8. The van der Waals surface area contributed by atoms with Crippen LogP contribution in [0.1, 0.15) is 62.0 Å². The normalized spacial score (nSPS) is 11.5. The van der Waals surface area contributed by atoms with E-state index in [-0.39, 0.29) is 111 Å². The number of hydrogen-bond donors (Lipinski definition) is 4. The van der Waals surface area contributed by atoms with E-state index in [9.17, 15) is 29.4 Å². The van der Waals surface area contributed by atoms with Crippen molar-refractivity contribution in [2.75, 3.05) is 50.9 Å². The first-order valence-electron chi connectivity index (χ1n) is 16.6. The zero-order chi connectivity index (χ0) is 37.6. The molecule has 1 heterocycles. The van der Waals surface area contributed by atoms with Gasteiger partial charge in [-0.25, -0.2) is 4.79 Å². The number of nitrogens with two attached hydrogens (primary N) is 2. The van der Waals surface area contributed by atoms with E-state index in [0.717, 1.165) is 12.8 Å². The molecule has 0 bridgehead atoms. The summed E-state index contributed by atoms with van der Waals surface area (Å²) >= 11 is 13.3. The first kappa shape index (κ1) is 39.2. The Labute approximate surface area is 304 Å². The van der Waals surface area contributed by atoms with Crippen LogP contribution in [0.4, 0.5) is 11.4 Å². The van der Waals surface area contributed by atoms with Gasteiger partial charge >= 0.3 is 17.9 Å². The number of carboxylic acids is 1. The molecule has 0 aromatic heterocycles. The molecule has 1 aliphatic carbocycles. The quantitative estimate of drug-likeness (QED) is 0.0593. The average Bonchev–Trinajstić information content (AvgIpc) is 3.06. The van der Waals surface area contributed by atoms with Crippen molar-refractivity contribution in [2.45, 2.75) is 53.6 Å². The van der Waals surface area contributed by atoms with Gasteiger partial charge in [-0.05, 0) is 63.5 Å². The molecule has 2 aliphatic rings. The van der Waals surface area contributed by atoms with Crippen molar-refractivity contribution < 1.29 is 38.5 Å². The third kappa shape index (κ3) is 8.50. The summed E-state index contributed by atoms with van der Waals surface area (Å²) in [6.45, 7) is 7.95. The Bertz CT molecular complexity index is 1960. The van der Waals surface area contributed by atoms with Crippen molar-refractivity contribution in [1.29, 1.82) is 0 Å². The first-order valence-corrected chi connectivity index (χ1v) is 17.3. The standard InChI is InChI=1S/C36H42Cl2N4O9/c1-5-11-41(12-6-2)15-22-32(45)24(37)13-20-29(19-9-10-26(39)31(40)30(19)36(47)48)21-14-25(38)33(46)23(35(21)51-34(20)22)16-42(17-27(43)49-7-3)18-28(44)50-8-4/h9-10,13-14,46H,5-8,11-12,15-18,39-40H2,1-4H3,(H,47,48). The summed E-state index contributed by atoms with van der Waals surface area (Å²) in [6.07, 6.45) is 1.61. The minimum Gasteiger partial charge on any atom is -0.506 e. The van der Waals surface area contributed by atoms with Crippen LogP contribution in [0.3, 0.4) is 0 Å². The Morgan fingerprint density at radius 2 is 1.43 bits per heavy atom. The minimum atomic E-state index is -1.37. The van der Waals surface area contributed by atoms with E-state index in [1.807, 2.05) is 13.8 Å². The topological polar surface area (TPSA) is 199 Å². The number of esters is 2. The summed E-state index contributed by atoms with van der Waals surface area (Å²) in [6, 6.07) is 5.73.